The molecule has 1 amide bonds. The van der Waals surface area contributed by atoms with Gasteiger partial charge in [0.25, 0.3) is 0 Å². The van der Waals surface area contributed by atoms with E-state index in [1.807, 2.05) is 0 Å². The molecule has 0 spiro atoms. The van der Waals surface area contributed by atoms with E-state index in [0.717, 1.165) is 17.7 Å². The smallest absolute Gasteiger partial charge is 0.341 e. The number of hydrogen-bond donors (Lipinski definition) is 0. The summed E-state index contributed by atoms with van der Waals surface area (Å²) in [5.41, 5.74) is 0. The maximum Gasteiger partial charge on any atom is 0.401 e. The molecule has 1 saturated heterocycles. The highest BCUT2D eigenvalue weighted by molar-refractivity contribution is 5.78. The van der Waals surface area contributed by atoms with Gasteiger partial charge in [0.1, 0.15) is 0 Å². The first-order chi connectivity index (χ1) is 7.78. The van der Waals surface area contributed by atoms with Crippen LogP contribution in [0.2, 0.25) is 0 Å². The third-order valence-electron chi connectivity index (χ3n) is 2.86. The van der Waals surface area contributed by atoms with Crippen molar-refractivity contribution < 1.29 is 18.0 Å². The molecule has 1 unspecified atom stereocenters. The predicted octanol–water partition coefficient (Wildman–Crippen LogP) is 1.74. The molecule has 0 N–H and O–H groups in total. The lowest BCUT2D eigenvalue weighted by Gasteiger charge is -2.32. The first-order valence-electron chi connectivity index (χ1n) is 5.81. The highest BCUT2D eigenvalue weighted by atomic mass is 19.4. The summed E-state index contributed by atoms with van der Waals surface area (Å²) >= 11 is 0. The molecule has 0 aliphatic carbocycles. The summed E-state index contributed by atoms with van der Waals surface area (Å²) in [6.07, 6.45) is -2.22. The van der Waals surface area contributed by atoms with Gasteiger partial charge in [-0.25, -0.2) is 0 Å². The van der Waals surface area contributed by atoms with Gasteiger partial charge >= 0.3 is 6.18 Å². The van der Waals surface area contributed by atoms with Crippen molar-refractivity contribution in [2.45, 2.75) is 25.9 Å². The van der Waals surface area contributed by atoms with Gasteiger partial charge in [0.15, 0.2) is 0 Å². The van der Waals surface area contributed by atoms with Gasteiger partial charge < -0.3 is 4.90 Å². The number of amides is 1. The minimum absolute atomic E-state index is 0.160. The quantitative estimate of drug-likeness (QED) is 0.764. The second kappa shape index (κ2) is 5.71. The minimum atomic E-state index is -4.25. The van der Waals surface area contributed by atoms with Crippen LogP contribution in [-0.2, 0) is 4.79 Å². The molecule has 0 saturated carbocycles. The third-order valence-corrected chi connectivity index (χ3v) is 2.86. The number of nitrogens with zero attached hydrogens (tertiary/aromatic N) is 2. The van der Waals surface area contributed by atoms with Gasteiger partial charge in [0.2, 0.25) is 5.91 Å². The van der Waals surface area contributed by atoms with Crippen molar-refractivity contribution in [3.8, 4) is 0 Å². The highest BCUT2D eigenvalue weighted by Gasteiger charge is 2.30. The lowest BCUT2D eigenvalue weighted by atomic mass is 10.0. The fourth-order valence-corrected chi connectivity index (χ4v) is 2.11. The lowest BCUT2D eigenvalue weighted by molar-refractivity contribution is -0.149. The van der Waals surface area contributed by atoms with E-state index in [1.165, 1.54) is 7.05 Å². The van der Waals surface area contributed by atoms with Crippen molar-refractivity contribution in [3.63, 3.8) is 0 Å². The minimum Gasteiger partial charge on any atom is -0.341 e. The molecule has 0 aromatic carbocycles. The van der Waals surface area contributed by atoms with E-state index in [9.17, 15) is 18.0 Å². The van der Waals surface area contributed by atoms with Gasteiger partial charge in [-0.2, -0.15) is 13.2 Å². The topological polar surface area (TPSA) is 23.6 Å². The Bertz CT molecular complexity index is 268. The molecule has 0 radical (unpaired) electrons. The zero-order valence-electron chi connectivity index (χ0n) is 10.3. The predicted molar refractivity (Wildman–Crippen MR) is 58.5 cm³/mol. The fourth-order valence-electron chi connectivity index (χ4n) is 2.11. The monoisotopic (exact) mass is 252 g/mol. The molecule has 1 aliphatic rings. The number of piperidine rings is 1. The number of likely N-dealkylation sites (tertiary alicyclic amines) is 1. The van der Waals surface area contributed by atoms with Crippen LogP contribution in [0.15, 0.2) is 0 Å². The van der Waals surface area contributed by atoms with Crippen LogP contribution >= 0.6 is 0 Å². The number of rotatable bonds is 3. The van der Waals surface area contributed by atoms with Gasteiger partial charge in [-0.1, -0.05) is 6.92 Å². The Morgan fingerprint density at radius 1 is 1.47 bits per heavy atom. The Labute approximate surface area is 99.6 Å². The Balaban J connectivity index is 2.38. The summed E-state index contributed by atoms with van der Waals surface area (Å²) < 4.78 is 36.3. The van der Waals surface area contributed by atoms with Gasteiger partial charge in [-0.05, 0) is 25.8 Å². The number of likely N-dealkylation sites (N-methyl/N-ethyl adjacent to an activating group) is 1. The largest absolute Gasteiger partial charge is 0.401 e. The number of halogens is 3. The van der Waals surface area contributed by atoms with Crippen molar-refractivity contribution in [2.24, 2.45) is 5.92 Å². The van der Waals surface area contributed by atoms with E-state index in [2.05, 4.69) is 6.92 Å². The van der Waals surface area contributed by atoms with Crippen LogP contribution in [0.5, 0.6) is 0 Å². The van der Waals surface area contributed by atoms with Gasteiger partial charge in [0, 0.05) is 13.1 Å². The summed E-state index contributed by atoms with van der Waals surface area (Å²) in [5.74, 6) is 0.240. The molecule has 6 heteroatoms. The molecule has 1 heterocycles. The standard InChI is InChI=1S/C11H19F3N2O/c1-9-4-3-5-16(6-9)10(17)7-15(2)8-11(12,13)14/h9H,3-8H2,1-2H3. The summed E-state index contributed by atoms with van der Waals surface area (Å²) in [5, 5.41) is 0. The van der Waals surface area contributed by atoms with Gasteiger partial charge in [0.05, 0.1) is 13.1 Å². The molecule has 0 aromatic rings. The van der Waals surface area contributed by atoms with Crippen LogP contribution in [0, 0.1) is 5.92 Å². The molecule has 100 valence electrons. The molecular weight excluding hydrogens is 233 g/mol. The van der Waals surface area contributed by atoms with Crippen LogP contribution < -0.4 is 0 Å². The average Bonchev–Trinajstić information content (AvgIpc) is 2.14. The Morgan fingerprint density at radius 3 is 2.65 bits per heavy atom. The van der Waals surface area contributed by atoms with E-state index >= 15 is 0 Å². The van der Waals surface area contributed by atoms with Crippen molar-refractivity contribution >= 4 is 5.91 Å². The molecular formula is C11H19F3N2O. The third kappa shape index (κ3) is 5.39. The second-order valence-corrected chi connectivity index (χ2v) is 4.87. The zero-order valence-corrected chi connectivity index (χ0v) is 10.3. The van der Waals surface area contributed by atoms with Crippen LogP contribution in [0.4, 0.5) is 13.2 Å². The Hall–Kier alpha value is -0.780. The number of hydrogen-bond acceptors (Lipinski definition) is 2. The highest BCUT2D eigenvalue weighted by Crippen LogP contribution is 2.17. The van der Waals surface area contributed by atoms with E-state index in [1.54, 1.807) is 4.90 Å². The first-order valence-corrected chi connectivity index (χ1v) is 5.81. The Kier molecular flexibility index (Phi) is 4.80. The maximum absolute atomic E-state index is 12.1. The van der Waals surface area contributed by atoms with E-state index in [0.29, 0.717) is 19.0 Å². The summed E-state index contributed by atoms with van der Waals surface area (Å²) in [7, 11) is 1.32. The number of carbonyl (C=O) groups is 1. The van der Waals surface area contributed by atoms with Crippen LogP contribution in [-0.4, -0.2) is 55.1 Å². The average molecular weight is 252 g/mol. The van der Waals surface area contributed by atoms with Gasteiger partial charge in [-0.15, -0.1) is 0 Å². The normalized spacial score (nSPS) is 22.0. The van der Waals surface area contributed by atoms with Crippen molar-refractivity contribution in [3.05, 3.63) is 0 Å². The van der Waals surface area contributed by atoms with Crippen LogP contribution in [0.1, 0.15) is 19.8 Å². The summed E-state index contributed by atoms with van der Waals surface area (Å²) in [6, 6.07) is 0. The summed E-state index contributed by atoms with van der Waals surface area (Å²) in [6.45, 7) is 2.19. The van der Waals surface area contributed by atoms with E-state index in [-0.39, 0.29) is 12.5 Å². The molecule has 17 heavy (non-hydrogen) atoms. The van der Waals surface area contributed by atoms with Crippen LogP contribution in [0.3, 0.4) is 0 Å². The van der Waals surface area contributed by atoms with Crippen molar-refractivity contribution in [2.75, 3.05) is 33.2 Å². The van der Waals surface area contributed by atoms with Crippen molar-refractivity contribution in [1.82, 2.24) is 9.80 Å². The van der Waals surface area contributed by atoms with Gasteiger partial charge in [-0.3, -0.25) is 9.69 Å². The molecule has 1 fully saturated rings. The number of alkyl halides is 3. The molecule has 1 aliphatic heterocycles. The second-order valence-electron chi connectivity index (χ2n) is 4.87. The van der Waals surface area contributed by atoms with Crippen LogP contribution in [0.25, 0.3) is 0 Å². The Morgan fingerprint density at radius 2 is 2.12 bits per heavy atom. The van der Waals surface area contributed by atoms with E-state index in [4.69, 9.17) is 0 Å². The number of carbonyl (C=O) groups excluding carboxylic acids is 1. The first kappa shape index (κ1) is 14.3. The maximum atomic E-state index is 12.1. The summed E-state index contributed by atoms with van der Waals surface area (Å²) in [4.78, 5) is 14.4. The van der Waals surface area contributed by atoms with E-state index < -0.39 is 12.7 Å². The fraction of sp³-hybridized carbons (Fsp3) is 0.909. The molecule has 1 atom stereocenters. The molecule has 0 aromatic heterocycles. The molecule has 1 rings (SSSR count). The SMILES string of the molecule is CC1CCCN(C(=O)CN(C)CC(F)(F)F)C1. The lowest BCUT2D eigenvalue weighted by Crippen LogP contribution is -2.45. The molecule has 0 bridgehead atoms. The molecule has 3 nitrogen and oxygen atoms in total. The zero-order chi connectivity index (χ0) is 13.1. The van der Waals surface area contributed by atoms with Crippen molar-refractivity contribution in [1.29, 1.82) is 0 Å².